The van der Waals surface area contributed by atoms with Crippen LogP contribution in [-0.4, -0.2) is 50.8 Å². The van der Waals surface area contributed by atoms with Crippen molar-refractivity contribution in [2.45, 2.75) is 18.0 Å². The highest BCUT2D eigenvalue weighted by molar-refractivity contribution is 6.32. The summed E-state index contributed by atoms with van der Waals surface area (Å²) in [6.45, 7) is 0. The van der Waals surface area contributed by atoms with Gasteiger partial charge in [0.25, 0.3) is 0 Å². The van der Waals surface area contributed by atoms with Gasteiger partial charge in [0.15, 0.2) is 17.3 Å². The summed E-state index contributed by atoms with van der Waals surface area (Å²) in [5, 5.41) is 0. The van der Waals surface area contributed by atoms with Crippen molar-refractivity contribution in [3.05, 3.63) is 125 Å². The van der Waals surface area contributed by atoms with E-state index in [-0.39, 0.29) is 17.3 Å². The van der Waals surface area contributed by atoms with Gasteiger partial charge in [-0.05, 0) is 60.7 Å². The summed E-state index contributed by atoms with van der Waals surface area (Å²) in [4.78, 5) is 46.4. The molecule has 2 aliphatic heterocycles. The van der Waals surface area contributed by atoms with Crippen molar-refractivity contribution in [3.8, 4) is 17.2 Å². The summed E-state index contributed by atoms with van der Waals surface area (Å²) >= 11 is 0. The molecule has 7 rings (SSSR count). The highest BCUT2D eigenvalue weighted by Crippen LogP contribution is 2.62. The van der Waals surface area contributed by atoms with E-state index in [1.807, 2.05) is 4.90 Å². The number of anilines is 1. The van der Waals surface area contributed by atoms with Crippen molar-refractivity contribution in [2.75, 3.05) is 26.2 Å². The number of rotatable bonds is 6. The fraction of sp³-hybridized carbons (Fsp3) is 0.194. The normalized spacial score (nSPS) is 20.7. The fourth-order valence-electron chi connectivity index (χ4n) is 7.30. The van der Waals surface area contributed by atoms with E-state index >= 15 is 0 Å². The molecule has 8 heteroatoms. The van der Waals surface area contributed by atoms with E-state index in [0.29, 0.717) is 50.8 Å². The lowest BCUT2D eigenvalue weighted by Crippen LogP contribution is -2.48. The number of hydrogen-bond donors (Lipinski definition) is 0. The molecule has 3 aliphatic rings. The number of Topliss-reactive ketones (excluding diaryl/α,β-unsaturated/α-hetero) is 3. The third-order valence-corrected chi connectivity index (χ3v) is 9.18. The van der Waals surface area contributed by atoms with Crippen LogP contribution in [0.1, 0.15) is 48.1 Å². The first-order valence-electron chi connectivity index (χ1n) is 14.2. The van der Waals surface area contributed by atoms with E-state index < -0.39 is 29.2 Å². The summed E-state index contributed by atoms with van der Waals surface area (Å²) in [7, 11) is 4.57. The first kappa shape index (κ1) is 27.6. The molecular formula is C36H28FNO6. The lowest BCUT2D eigenvalue weighted by atomic mass is 9.64. The van der Waals surface area contributed by atoms with Crippen molar-refractivity contribution in [1.29, 1.82) is 0 Å². The second-order valence-electron chi connectivity index (χ2n) is 11.1. The van der Waals surface area contributed by atoms with Crippen molar-refractivity contribution >= 4 is 29.1 Å². The second-order valence-corrected chi connectivity index (χ2v) is 11.1. The molecule has 1 aliphatic carbocycles. The van der Waals surface area contributed by atoms with E-state index in [1.54, 1.807) is 92.1 Å². The van der Waals surface area contributed by atoms with E-state index in [4.69, 9.17) is 14.2 Å². The van der Waals surface area contributed by atoms with Crippen LogP contribution in [0.15, 0.2) is 91.0 Å². The SMILES string of the molecule is COc1ccc(C(=O)[C@H]2[C@H](c3cc(OC)ccc3OC)C3(C(=O)c4ccccc4C3=O)[C@H]3C=Cc4cc(F)ccc4N23)cc1. The van der Waals surface area contributed by atoms with Crippen LogP contribution >= 0.6 is 0 Å². The summed E-state index contributed by atoms with van der Waals surface area (Å²) in [5.41, 5.74) is 0.814. The largest absolute Gasteiger partial charge is 0.497 e. The molecule has 0 unspecified atom stereocenters. The Bertz CT molecular complexity index is 1850. The van der Waals surface area contributed by atoms with Crippen LogP contribution in [0, 0.1) is 11.2 Å². The van der Waals surface area contributed by atoms with E-state index in [1.165, 1.54) is 26.4 Å². The Hall–Kier alpha value is -5.24. The predicted molar refractivity (Wildman–Crippen MR) is 163 cm³/mol. The van der Waals surface area contributed by atoms with Gasteiger partial charge in [-0.15, -0.1) is 0 Å². The fourth-order valence-corrected chi connectivity index (χ4v) is 7.30. The Balaban J connectivity index is 1.57. The smallest absolute Gasteiger partial charge is 0.185 e. The lowest BCUT2D eigenvalue weighted by molar-refractivity contribution is 0.0664. The Morgan fingerprint density at radius 2 is 1.45 bits per heavy atom. The number of nitrogens with zero attached hydrogens (tertiary/aromatic N) is 1. The molecule has 1 saturated heterocycles. The summed E-state index contributed by atoms with van der Waals surface area (Å²) < 4.78 is 31.2. The monoisotopic (exact) mass is 589 g/mol. The molecule has 220 valence electrons. The van der Waals surface area contributed by atoms with Gasteiger partial charge in [0.2, 0.25) is 0 Å². The third kappa shape index (κ3) is 3.70. The molecule has 0 N–H and O–H groups in total. The molecule has 1 fully saturated rings. The number of fused-ring (bicyclic) bond motifs is 5. The highest BCUT2D eigenvalue weighted by Gasteiger charge is 2.72. The van der Waals surface area contributed by atoms with Crippen LogP contribution in [0.5, 0.6) is 17.2 Å². The average Bonchev–Trinajstić information content (AvgIpc) is 3.49. The van der Waals surface area contributed by atoms with E-state index in [9.17, 15) is 18.8 Å². The second kappa shape index (κ2) is 10.2. The average molecular weight is 590 g/mol. The molecule has 2 heterocycles. The van der Waals surface area contributed by atoms with Crippen LogP contribution in [0.3, 0.4) is 0 Å². The maximum absolute atomic E-state index is 14.9. The van der Waals surface area contributed by atoms with Gasteiger partial charge in [0.05, 0.1) is 27.4 Å². The van der Waals surface area contributed by atoms with Crippen molar-refractivity contribution in [3.63, 3.8) is 0 Å². The molecule has 7 nitrogen and oxygen atoms in total. The van der Waals surface area contributed by atoms with Gasteiger partial charge in [-0.2, -0.15) is 0 Å². The topological polar surface area (TPSA) is 82.1 Å². The number of ether oxygens (including phenoxy) is 3. The Morgan fingerprint density at radius 1 is 0.795 bits per heavy atom. The molecule has 44 heavy (non-hydrogen) atoms. The standard InChI is InChI=1S/C36H28FNO6/c1-42-23-12-8-20(9-13-23)33(39)32-31(27-19-24(43-2)14-16-29(27)44-3)36(34(40)25-6-4-5-7-26(25)35(36)41)30-17-10-21-18-22(37)11-15-28(21)38(30)32/h4-19,30-32H,1-3H3/t30-,31+,32-/m1/s1. The van der Waals surface area contributed by atoms with E-state index in [0.717, 1.165) is 0 Å². The van der Waals surface area contributed by atoms with Gasteiger partial charge in [-0.3, -0.25) is 14.4 Å². The van der Waals surface area contributed by atoms with Gasteiger partial charge in [-0.1, -0.05) is 36.4 Å². The van der Waals surface area contributed by atoms with Gasteiger partial charge in [0.1, 0.15) is 34.5 Å². The molecule has 4 aromatic rings. The van der Waals surface area contributed by atoms with Crippen LogP contribution in [0.2, 0.25) is 0 Å². The Labute approximate surface area is 253 Å². The molecule has 0 bridgehead atoms. The van der Waals surface area contributed by atoms with Gasteiger partial charge >= 0.3 is 0 Å². The van der Waals surface area contributed by atoms with Crippen LogP contribution in [0.25, 0.3) is 6.08 Å². The zero-order valence-electron chi connectivity index (χ0n) is 24.2. The van der Waals surface area contributed by atoms with Gasteiger partial charge in [0, 0.05) is 39.4 Å². The third-order valence-electron chi connectivity index (χ3n) is 9.18. The quantitative estimate of drug-likeness (QED) is 0.197. The first-order valence-corrected chi connectivity index (χ1v) is 14.2. The Kier molecular flexibility index (Phi) is 6.39. The molecule has 0 saturated carbocycles. The maximum atomic E-state index is 14.9. The summed E-state index contributed by atoms with van der Waals surface area (Å²) in [6.07, 6.45) is 3.48. The number of methoxy groups -OCH3 is 3. The number of halogens is 1. The molecule has 4 aromatic carbocycles. The van der Waals surface area contributed by atoms with E-state index in [2.05, 4.69) is 0 Å². The molecular weight excluding hydrogens is 561 g/mol. The molecule has 0 radical (unpaired) electrons. The number of carbonyl (C=O) groups is 3. The van der Waals surface area contributed by atoms with Crippen LogP contribution < -0.4 is 19.1 Å². The molecule has 0 amide bonds. The van der Waals surface area contributed by atoms with Crippen molar-refractivity contribution in [2.24, 2.45) is 5.41 Å². The first-order chi connectivity index (χ1) is 21.3. The van der Waals surface area contributed by atoms with Crippen molar-refractivity contribution in [1.82, 2.24) is 0 Å². The predicted octanol–water partition coefficient (Wildman–Crippen LogP) is 6.17. The van der Waals surface area contributed by atoms with Crippen LogP contribution in [0.4, 0.5) is 10.1 Å². The van der Waals surface area contributed by atoms with Crippen molar-refractivity contribution < 1.29 is 33.0 Å². The van der Waals surface area contributed by atoms with Crippen LogP contribution in [-0.2, 0) is 0 Å². The minimum atomic E-state index is -1.74. The molecule has 1 spiro atoms. The minimum Gasteiger partial charge on any atom is -0.497 e. The van der Waals surface area contributed by atoms with Gasteiger partial charge < -0.3 is 19.1 Å². The summed E-state index contributed by atoms with van der Waals surface area (Å²) in [5.74, 6) is -1.05. The number of hydrogen-bond acceptors (Lipinski definition) is 7. The lowest BCUT2D eigenvalue weighted by Gasteiger charge is -2.37. The highest BCUT2D eigenvalue weighted by atomic mass is 19.1. The zero-order chi connectivity index (χ0) is 30.7. The number of ketones is 3. The molecule has 3 atom stereocenters. The number of carbonyl (C=O) groups excluding carboxylic acids is 3. The zero-order valence-corrected chi connectivity index (χ0v) is 24.2. The minimum absolute atomic E-state index is 0.306. The number of benzene rings is 4. The maximum Gasteiger partial charge on any atom is 0.185 e. The summed E-state index contributed by atoms with van der Waals surface area (Å²) in [6, 6.07) is 21.0. The Morgan fingerprint density at radius 3 is 2.09 bits per heavy atom. The van der Waals surface area contributed by atoms with Gasteiger partial charge in [-0.25, -0.2) is 4.39 Å². The molecule has 0 aromatic heterocycles.